The maximum atomic E-state index is 13.5. The van der Waals surface area contributed by atoms with Crippen LogP contribution in [-0.2, 0) is 4.79 Å². The summed E-state index contributed by atoms with van der Waals surface area (Å²) >= 11 is 0. The predicted molar refractivity (Wildman–Crippen MR) is 92.6 cm³/mol. The average molecular weight is 347 g/mol. The van der Waals surface area contributed by atoms with E-state index in [1.807, 2.05) is 19.1 Å². The van der Waals surface area contributed by atoms with Crippen LogP contribution in [0.4, 0.5) is 4.39 Å². The van der Waals surface area contributed by atoms with Crippen molar-refractivity contribution in [1.82, 2.24) is 5.32 Å². The molecule has 5 nitrogen and oxygen atoms in total. The van der Waals surface area contributed by atoms with Gasteiger partial charge in [0.25, 0.3) is 5.91 Å². The molecule has 134 valence electrons. The van der Waals surface area contributed by atoms with Gasteiger partial charge in [0.1, 0.15) is 18.1 Å². The summed E-state index contributed by atoms with van der Waals surface area (Å²) in [5.74, 6) is 0.686. The van der Waals surface area contributed by atoms with Gasteiger partial charge in [0.05, 0.1) is 13.2 Å². The van der Waals surface area contributed by atoms with Crippen LogP contribution in [0.15, 0.2) is 48.5 Å². The Morgan fingerprint density at radius 2 is 1.72 bits per heavy atom. The van der Waals surface area contributed by atoms with E-state index < -0.39 is 11.9 Å². The number of amides is 1. The number of nitrogens with one attached hydrogen (secondary N) is 1. The minimum atomic E-state index is -0.803. The van der Waals surface area contributed by atoms with E-state index in [4.69, 9.17) is 14.2 Å². The van der Waals surface area contributed by atoms with Gasteiger partial charge in [-0.05, 0) is 50.2 Å². The van der Waals surface area contributed by atoms with E-state index in [-0.39, 0.29) is 11.7 Å². The third kappa shape index (κ3) is 5.99. The molecule has 2 aromatic rings. The fraction of sp³-hybridized carbons (Fsp3) is 0.316. The van der Waals surface area contributed by atoms with Crippen LogP contribution in [0.3, 0.4) is 0 Å². The van der Waals surface area contributed by atoms with Crippen LogP contribution >= 0.6 is 0 Å². The number of para-hydroxylation sites is 1. The average Bonchev–Trinajstić information content (AvgIpc) is 2.62. The van der Waals surface area contributed by atoms with Gasteiger partial charge in [0.15, 0.2) is 17.7 Å². The van der Waals surface area contributed by atoms with Crippen LogP contribution in [0.1, 0.15) is 13.8 Å². The van der Waals surface area contributed by atoms with E-state index >= 15 is 0 Å². The molecule has 2 aromatic carbocycles. The van der Waals surface area contributed by atoms with Crippen molar-refractivity contribution in [2.45, 2.75) is 20.0 Å². The zero-order chi connectivity index (χ0) is 18.1. The SMILES string of the molecule is CCOc1ccc(OCCNC(=O)C(C)Oc2ccccc2F)cc1. The van der Waals surface area contributed by atoms with Gasteiger partial charge in [-0.1, -0.05) is 12.1 Å². The van der Waals surface area contributed by atoms with Crippen LogP contribution in [-0.4, -0.2) is 31.8 Å². The molecule has 25 heavy (non-hydrogen) atoms. The lowest BCUT2D eigenvalue weighted by Crippen LogP contribution is -2.38. The number of hydrogen-bond acceptors (Lipinski definition) is 4. The first-order chi connectivity index (χ1) is 12.1. The summed E-state index contributed by atoms with van der Waals surface area (Å²) in [5.41, 5.74) is 0. The Bertz CT molecular complexity index is 675. The van der Waals surface area contributed by atoms with E-state index in [0.717, 1.165) is 5.75 Å². The molecule has 0 saturated carbocycles. The highest BCUT2D eigenvalue weighted by atomic mass is 19.1. The van der Waals surface area contributed by atoms with Gasteiger partial charge in [0, 0.05) is 0 Å². The van der Waals surface area contributed by atoms with Gasteiger partial charge in [-0.2, -0.15) is 0 Å². The molecular formula is C19H22FNO4. The van der Waals surface area contributed by atoms with E-state index in [1.54, 1.807) is 31.2 Å². The first kappa shape index (κ1) is 18.6. The van der Waals surface area contributed by atoms with E-state index in [1.165, 1.54) is 12.1 Å². The molecule has 2 rings (SSSR count). The lowest BCUT2D eigenvalue weighted by Gasteiger charge is -2.15. The molecule has 0 aliphatic heterocycles. The molecule has 1 N–H and O–H groups in total. The molecular weight excluding hydrogens is 325 g/mol. The van der Waals surface area contributed by atoms with Crippen LogP contribution < -0.4 is 19.5 Å². The van der Waals surface area contributed by atoms with Gasteiger partial charge in [-0.15, -0.1) is 0 Å². The van der Waals surface area contributed by atoms with Crippen molar-refractivity contribution >= 4 is 5.91 Å². The van der Waals surface area contributed by atoms with Gasteiger partial charge < -0.3 is 19.5 Å². The van der Waals surface area contributed by atoms with Crippen molar-refractivity contribution in [3.05, 3.63) is 54.3 Å². The second kappa shape index (κ2) is 9.52. The van der Waals surface area contributed by atoms with E-state index in [2.05, 4.69) is 5.32 Å². The molecule has 0 radical (unpaired) electrons. The van der Waals surface area contributed by atoms with Crippen LogP contribution in [0.25, 0.3) is 0 Å². The van der Waals surface area contributed by atoms with E-state index in [9.17, 15) is 9.18 Å². The van der Waals surface area contributed by atoms with Crippen molar-refractivity contribution in [1.29, 1.82) is 0 Å². The van der Waals surface area contributed by atoms with Gasteiger partial charge in [-0.3, -0.25) is 4.79 Å². The molecule has 0 heterocycles. The van der Waals surface area contributed by atoms with Crippen LogP contribution in [0.2, 0.25) is 0 Å². The minimum absolute atomic E-state index is 0.0517. The van der Waals surface area contributed by atoms with Gasteiger partial charge in [-0.25, -0.2) is 4.39 Å². The smallest absolute Gasteiger partial charge is 0.260 e. The standard InChI is InChI=1S/C19H22FNO4/c1-3-23-15-8-10-16(11-9-15)24-13-12-21-19(22)14(2)25-18-7-5-4-6-17(18)20/h4-11,14H,3,12-13H2,1-2H3,(H,21,22). The van der Waals surface area contributed by atoms with E-state index in [0.29, 0.717) is 25.5 Å². The van der Waals surface area contributed by atoms with Gasteiger partial charge in [0.2, 0.25) is 0 Å². The molecule has 1 atom stereocenters. The summed E-state index contributed by atoms with van der Waals surface area (Å²) in [5, 5.41) is 2.69. The molecule has 0 spiro atoms. The fourth-order valence-corrected chi connectivity index (χ4v) is 2.07. The predicted octanol–water partition coefficient (Wildman–Crippen LogP) is 3.19. The Hall–Kier alpha value is -2.76. The normalized spacial score (nSPS) is 11.5. The number of benzene rings is 2. The summed E-state index contributed by atoms with van der Waals surface area (Å²) in [7, 11) is 0. The lowest BCUT2D eigenvalue weighted by atomic mass is 10.3. The third-order valence-corrected chi connectivity index (χ3v) is 3.31. The Morgan fingerprint density at radius 3 is 2.36 bits per heavy atom. The maximum absolute atomic E-state index is 13.5. The Kier molecular flexibility index (Phi) is 7.07. The monoisotopic (exact) mass is 347 g/mol. The van der Waals surface area contributed by atoms with Crippen molar-refractivity contribution in [3.8, 4) is 17.2 Å². The van der Waals surface area contributed by atoms with Crippen molar-refractivity contribution in [2.75, 3.05) is 19.8 Å². The highest BCUT2D eigenvalue weighted by Crippen LogP contribution is 2.18. The molecule has 1 unspecified atom stereocenters. The van der Waals surface area contributed by atoms with Crippen LogP contribution in [0, 0.1) is 5.82 Å². The topological polar surface area (TPSA) is 56.8 Å². The molecule has 1 amide bonds. The zero-order valence-electron chi connectivity index (χ0n) is 14.3. The number of carbonyl (C=O) groups is 1. The summed E-state index contributed by atoms with van der Waals surface area (Å²) in [6.07, 6.45) is -0.803. The number of ether oxygens (including phenoxy) is 3. The molecule has 0 aliphatic carbocycles. The number of carbonyl (C=O) groups excluding carboxylic acids is 1. The maximum Gasteiger partial charge on any atom is 0.260 e. The van der Waals surface area contributed by atoms with Crippen molar-refractivity contribution in [3.63, 3.8) is 0 Å². The third-order valence-electron chi connectivity index (χ3n) is 3.31. The lowest BCUT2D eigenvalue weighted by molar-refractivity contribution is -0.127. The molecule has 0 saturated heterocycles. The molecule has 6 heteroatoms. The second-order valence-electron chi connectivity index (χ2n) is 5.23. The van der Waals surface area contributed by atoms with Crippen LogP contribution in [0.5, 0.6) is 17.2 Å². The highest BCUT2D eigenvalue weighted by molar-refractivity contribution is 5.80. The fourth-order valence-electron chi connectivity index (χ4n) is 2.07. The number of halogens is 1. The Labute approximate surface area is 146 Å². The molecule has 0 bridgehead atoms. The largest absolute Gasteiger partial charge is 0.494 e. The summed E-state index contributed by atoms with van der Waals surface area (Å²) in [4.78, 5) is 12.0. The second-order valence-corrected chi connectivity index (χ2v) is 5.23. The molecule has 0 fully saturated rings. The van der Waals surface area contributed by atoms with Crippen molar-refractivity contribution in [2.24, 2.45) is 0 Å². The van der Waals surface area contributed by atoms with Gasteiger partial charge >= 0.3 is 0 Å². The minimum Gasteiger partial charge on any atom is -0.494 e. The summed E-state index contributed by atoms with van der Waals surface area (Å²) in [6, 6.07) is 13.2. The Morgan fingerprint density at radius 1 is 1.08 bits per heavy atom. The first-order valence-corrected chi connectivity index (χ1v) is 8.14. The quantitative estimate of drug-likeness (QED) is 0.708. The Balaban J connectivity index is 1.70. The number of hydrogen-bond donors (Lipinski definition) is 1. The summed E-state index contributed by atoms with van der Waals surface area (Å²) < 4.78 is 29.7. The molecule has 0 aromatic heterocycles. The zero-order valence-corrected chi connectivity index (χ0v) is 14.3. The number of rotatable bonds is 9. The highest BCUT2D eigenvalue weighted by Gasteiger charge is 2.15. The first-order valence-electron chi connectivity index (χ1n) is 8.14. The molecule has 0 aliphatic rings. The summed E-state index contributed by atoms with van der Waals surface area (Å²) in [6.45, 7) is 4.72. The van der Waals surface area contributed by atoms with Crippen molar-refractivity contribution < 1.29 is 23.4 Å².